The third kappa shape index (κ3) is 3.40. The molecule has 1 aliphatic heterocycles. The summed E-state index contributed by atoms with van der Waals surface area (Å²) in [5, 5.41) is 9.35. The van der Waals surface area contributed by atoms with Crippen LogP contribution in [0, 0.1) is 5.92 Å². The van der Waals surface area contributed by atoms with Gasteiger partial charge in [-0.25, -0.2) is 0 Å². The Morgan fingerprint density at radius 1 is 1.32 bits per heavy atom. The molecule has 0 spiro atoms. The summed E-state index contributed by atoms with van der Waals surface area (Å²) in [7, 11) is 1.66. The quantitative estimate of drug-likeness (QED) is 0.875. The molecule has 1 fully saturated rings. The molecule has 22 heavy (non-hydrogen) atoms. The minimum Gasteiger partial charge on any atom is -0.493 e. The first-order valence-corrected chi connectivity index (χ1v) is 8.57. The first-order valence-electron chi connectivity index (χ1n) is 8.57. The lowest BCUT2D eigenvalue weighted by Gasteiger charge is -2.46. The molecule has 124 valence electrons. The molecule has 0 radical (unpaired) electrons. The SMILES string of the molecule is CCC.COc1cc(CO)cc2c1O[C@]1(C)CCCCC1C2. The van der Waals surface area contributed by atoms with Crippen LogP contribution in [0.15, 0.2) is 12.1 Å². The highest BCUT2D eigenvalue weighted by molar-refractivity contribution is 5.51. The molecule has 3 heteroatoms. The molecule has 1 N–H and O–H groups in total. The minimum atomic E-state index is -0.0424. The van der Waals surface area contributed by atoms with Gasteiger partial charge in [-0.1, -0.05) is 26.7 Å². The number of aliphatic hydroxyl groups excluding tert-OH is 1. The van der Waals surface area contributed by atoms with Crippen LogP contribution in [0.2, 0.25) is 0 Å². The van der Waals surface area contributed by atoms with Crippen molar-refractivity contribution in [1.29, 1.82) is 0 Å². The van der Waals surface area contributed by atoms with E-state index in [0.717, 1.165) is 29.9 Å². The maximum Gasteiger partial charge on any atom is 0.165 e. The van der Waals surface area contributed by atoms with Crippen molar-refractivity contribution in [1.82, 2.24) is 0 Å². The molecule has 0 amide bonds. The van der Waals surface area contributed by atoms with E-state index in [2.05, 4.69) is 26.8 Å². The molecule has 3 rings (SSSR count). The van der Waals surface area contributed by atoms with Gasteiger partial charge >= 0.3 is 0 Å². The van der Waals surface area contributed by atoms with Gasteiger partial charge in [0, 0.05) is 5.92 Å². The lowest BCUT2D eigenvalue weighted by atomic mass is 9.72. The molecule has 1 aliphatic carbocycles. The molecule has 0 aromatic heterocycles. The van der Waals surface area contributed by atoms with Gasteiger partial charge in [0.2, 0.25) is 0 Å². The smallest absolute Gasteiger partial charge is 0.165 e. The molecule has 0 saturated heterocycles. The van der Waals surface area contributed by atoms with Crippen LogP contribution in [0.25, 0.3) is 0 Å². The number of rotatable bonds is 2. The zero-order valence-electron chi connectivity index (χ0n) is 14.4. The fourth-order valence-electron chi connectivity index (χ4n) is 3.56. The van der Waals surface area contributed by atoms with Crippen LogP contribution in [0.4, 0.5) is 0 Å². The van der Waals surface area contributed by atoms with Gasteiger partial charge in [0.05, 0.1) is 13.7 Å². The van der Waals surface area contributed by atoms with E-state index in [1.807, 2.05) is 6.07 Å². The Hall–Kier alpha value is -1.22. The predicted molar refractivity (Wildman–Crippen MR) is 89.6 cm³/mol. The van der Waals surface area contributed by atoms with Crippen LogP contribution in [-0.4, -0.2) is 17.8 Å². The molecule has 1 aromatic rings. The molecule has 1 heterocycles. The summed E-state index contributed by atoms with van der Waals surface area (Å²) in [6.45, 7) is 6.53. The van der Waals surface area contributed by atoms with Crippen molar-refractivity contribution >= 4 is 0 Å². The number of hydrogen-bond donors (Lipinski definition) is 1. The van der Waals surface area contributed by atoms with Crippen LogP contribution in [0.5, 0.6) is 11.5 Å². The van der Waals surface area contributed by atoms with E-state index in [1.165, 1.54) is 31.2 Å². The number of benzene rings is 1. The molecular weight excluding hydrogens is 276 g/mol. The van der Waals surface area contributed by atoms with E-state index in [0.29, 0.717) is 5.92 Å². The van der Waals surface area contributed by atoms with Crippen molar-refractivity contribution in [3.8, 4) is 11.5 Å². The second-order valence-corrected chi connectivity index (χ2v) is 6.71. The third-order valence-electron chi connectivity index (χ3n) is 4.73. The maximum atomic E-state index is 9.35. The summed E-state index contributed by atoms with van der Waals surface area (Å²) >= 11 is 0. The first-order chi connectivity index (χ1) is 10.6. The summed E-state index contributed by atoms with van der Waals surface area (Å²) in [5.74, 6) is 2.24. The lowest BCUT2D eigenvalue weighted by molar-refractivity contribution is -0.0235. The molecule has 2 atom stereocenters. The fourth-order valence-corrected chi connectivity index (χ4v) is 3.56. The molecule has 1 saturated carbocycles. The third-order valence-corrected chi connectivity index (χ3v) is 4.73. The number of hydrogen-bond acceptors (Lipinski definition) is 3. The minimum absolute atomic E-state index is 0.0424. The molecule has 2 aliphatic rings. The van der Waals surface area contributed by atoms with Gasteiger partial charge in [-0.2, -0.15) is 0 Å². The topological polar surface area (TPSA) is 38.7 Å². The summed E-state index contributed by atoms with van der Waals surface area (Å²) < 4.78 is 11.8. The zero-order chi connectivity index (χ0) is 16.2. The van der Waals surface area contributed by atoms with Crippen LogP contribution < -0.4 is 9.47 Å². The molecule has 1 unspecified atom stereocenters. The highest BCUT2D eigenvalue weighted by Crippen LogP contribution is 2.48. The van der Waals surface area contributed by atoms with Crippen molar-refractivity contribution in [2.45, 2.75) is 71.5 Å². The maximum absolute atomic E-state index is 9.35. The first kappa shape index (κ1) is 17.1. The summed E-state index contributed by atoms with van der Waals surface area (Å²) in [6.07, 6.45) is 7.20. The monoisotopic (exact) mass is 306 g/mol. The normalized spacial score (nSPS) is 26.0. The number of fused-ring (bicyclic) bond motifs is 2. The van der Waals surface area contributed by atoms with Crippen molar-refractivity contribution < 1.29 is 14.6 Å². The number of methoxy groups -OCH3 is 1. The Labute approximate surface area is 134 Å². The van der Waals surface area contributed by atoms with Gasteiger partial charge in [0.1, 0.15) is 5.60 Å². The van der Waals surface area contributed by atoms with E-state index in [4.69, 9.17) is 9.47 Å². The second kappa shape index (κ2) is 7.36. The van der Waals surface area contributed by atoms with E-state index >= 15 is 0 Å². The fraction of sp³-hybridized carbons (Fsp3) is 0.684. The molecule has 0 bridgehead atoms. The van der Waals surface area contributed by atoms with Crippen molar-refractivity contribution in [2.75, 3.05) is 7.11 Å². The Morgan fingerprint density at radius 3 is 2.68 bits per heavy atom. The Kier molecular flexibility index (Phi) is 5.74. The van der Waals surface area contributed by atoms with E-state index in [-0.39, 0.29) is 12.2 Å². The van der Waals surface area contributed by atoms with Gasteiger partial charge in [0.15, 0.2) is 11.5 Å². The van der Waals surface area contributed by atoms with E-state index in [9.17, 15) is 5.11 Å². The van der Waals surface area contributed by atoms with E-state index in [1.54, 1.807) is 7.11 Å². The van der Waals surface area contributed by atoms with Crippen molar-refractivity contribution in [3.05, 3.63) is 23.3 Å². The van der Waals surface area contributed by atoms with Crippen LogP contribution in [0.3, 0.4) is 0 Å². The van der Waals surface area contributed by atoms with Crippen molar-refractivity contribution in [3.63, 3.8) is 0 Å². The highest BCUT2D eigenvalue weighted by Gasteiger charge is 2.43. The summed E-state index contributed by atoms with van der Waals surface area (Å²) in [4.78, 5) is 0. The molecule has 3 nitrogen and oxygen atoms in total. The Morgan fingerprint density at radius 2 is 2.05 bits per heavy atom. The van der Waals surface area contributed by atoms with Gasteiger partial charge < -0.3 is 14.6 Å². The van der Waals surface area contributed by atoms with Gasteiger partial charge in [0.25, 0.3) is 0 Å². The van der Waals surface area contributed by atoms with Crippen LogP contribution in [0.1, 0.15) is 64.0 Å². The van der Waals surface area contributed by atoms with Crippen molar-refractivity contribution in [2.24, 2.45) is 5.92 Å². The average molecular weight is 306 g/mol. The Bertz CT molecular complexity index is 498. The largest absolute Gasteiger partial charge is 0.493 e. The highest BCUT2D eigenvalue weighted by atomic mass is 16.5. The van der Waals surface area contributed by atoms with Gasteiger partial charge in [-0.05, 0) is 55.9 Å². The number of aliphatic hydroxyl groups is 1. The second-order valence-electron chi connectivity index (χ2n) is 6.71. The average Bonchev–Trinajstić information content (AvgIpc) is 2.52. The van der Waals surface area contributed by atoms with Gasteiger partial charge in [-0.15, -0.1) is 0 Å². The molecular formula is C19H30O3. The van der Waals surface area contributed by atoms with Crippen LogP contribution >= 0.6 is 0 Å². The Balaban J connectivity index is 0.000000545. The number of ether oxygens (including phenoxy) is 2. The van der Waals surface area contributed by atoms with Gasteiger partial charge in [-0.3, -0.25) is 0 Å². The predicted octanol–water partition coefficient (Wildman–Crippen LogP) is 4.49. The summed E-state index contributed by atoms with van der Waals surface area (Å²) in [6, 6.07) is 3.94. The molecule has 1 aromatic carbocycles. The summed E-state index contributed by atoms with van der Waals surface area (Å²) in [5.41, 5.74) is 2.05. The van der Waals surface area contributed by atoms with Crippen LogP contribution in [-0.2, 0) is 13.0 Å². The lowest BCUT2D eigenvalue weighted by Crippen LogP contribution is -2.47. The van der Waals surface area contributed by atoms with E-state index < -0.39 is 0 Å². The standard InChI is InChI=1S/C16H22O3.C3H8/c1-16-6-4-3-5-13(16)9-12-7-11(10-17)8-14(18-2)15(12)19-16;1-3-2/h7-8,13,17H,3-6,9-10H2,1-2H3;3H2,1-2H3/t13?,16-;/m1./s1. The zero-order valence-corrected chi connectivity index (χ0v) is 14.4.